The Morgan fingerprint density at radius 1 is 0.229 bits per heavy atom. The first-order chi connectivity index (χ1) is 60.3. The van der Waals surface area contributed by atoms with E-state index in [1.807, 2.05) is 54.6 Å². The van der Waals surface area contributed by atoms with Crippen molar-refractivity contribution < 1.29 is 14.2 Å². The van der Waals surface area contributed by atoms with Crippen LogP contribution in [0.4, 0.5) is 0 Å². The zero-order chi connectivity index (χ0) is 99.8. The second-order valence-electron chi connectivity index (χ2n) is 51.1. The van der Waals surface area contributed by atoms with Crippen LogP contribution in [0.25, 0.3) is 0 Å². The summed E-state index contributed by atoms with van der Waals surface area (Å²) >= 11 is 0. The van der Waals surface area contributed by atoms with Crippen LogP contribution in [0.2, 0.25) is 0 Å². The summed E-state index contributed by atoms with van der Waals surface area (Å²) in [4.78, 5) is 0. The van der Waals surface area contributed by atoms with E-state index in [4.69, 9.17) is 14.2 Å². The van der Waals surface area contributed by atoms with Crippen molar-refractivity contribution in [3.63, 3.8) is 0 Å². The molecule has 9 aromatic carbocycles. The average molecular weight is 1790 g/mol. The van der Waals surface area contributed by atoms with Gasteiger partial charge in [-0.25, -0.2) is 0 Å². The third kappa shape index (κ3) is 64.8. The summed E-state index contributed by atoms with van der Waals surface area (Å²) < 4.78 is 15.8. The number of hydrogen-bond donors (Lipinski definition) is 0. The number of methoxy groups -OCH3 is 2. The minimum absolute atomic E-state index is 0.228. The maximum absolute atomic E-state index is 5.58. The lowest BCUT2D eigenvalue weighted by Crippen LogP contribution is -2.30. The number of aryl methyl sites for hydroxylation is 4. The molecule has 2 fully saturated rings. The first-order valence-corrected chi connectivity index (χ1v) is 50.5. The third-order valence-electron chi connectivity index (χ3n) is 24.0. The van der Waals surface area contributed by atoms with Gasteiger partial charge in [0.15, 0.2) is 0 Å². The molecule has 0 spiro atoms. The van der Waals surface area contributed by atoms with Gasteiger partial charge in [0.05, 0.1) is 20.8 Å². The van der Waals surface area contributed by atoms with Gasteiger partial charge in [-0.05, 0) is 274 Å². The van der Waals surface area contributed by atoms with E-state index >= 15 is 0 Å². The summed E-state index contributed by atoms with van der Waals surface area (Å²) in [7, 11) is 3.38. The van der Waals surface area contributed by atoms with Crippen LogP contribution in [0, 0.1) is 80.3 Å². The number of ether oxygens (including phenoxy) is 3. The van der Waals surface area contributed by atoms with E-state index in [1.54, 1.807) is 14.2 Å². The number of hydrogen-bond acceptors (Lipinski definition) is 3. The van der Waals surface area contributed by atoms with Crippen molar-refractivity contribution in [2.24, 2.45) is 66.5 Å². The predicted octanol–water partition coefficient (Wildman–Crippen LogP) is 39.1. The minimum Gasteiger partial charge on any atom is -0.497 e. The minimum atomic E-state index is 0.228. The summed E-state index contributed by atoms with van der Waals surface area (Å²) in [5.74, 6) is 5.73. The topological polar surface area (TPSA) is 27.7 Å². The van der Waals surface area contributed by atoms with Crippen LogP contribution in [0.5, 0.6) is 17.2 Å². The zero-order valence-corrected chi connectivity index (χ0v) is 92.6. The Bertz CT molecular complexity index is 4160. The van der Waals surface area contributed by atoms with Crippen molar-refractivity contribution in [3.8, 4) is 17.2 Å². The second-order valence-corrected chi connectivity index (χ2v) is 51.1. The number of rotatable bonds is 13. The lowest BCUT2D eigenvalue weighted by Gasteiger charge is -2.41. The van der Waals surface area contributed by atoms with E-state index in [2.05, 4.69) is 457 Å². The summed E-state index contributed by atoms with van der Waals surface area (Å²) in [5.41, 5.74) is 18.9. The van der Waals surface area contributed by atoms with Crippen molar-refractivity contribution in [2.45, 2.75) is 395 Å². The van der Waals surface area contributed by atoms with Crippen molar-refractivity contribution >= 4 is 0 Å². The van der Waals surface area contributed by atoms with Crippen molar-refractivity contribution in [2.75, 3.05) is 20.8 Å². The molecule has 3 heteroatoms. The van der Waals surface area contributed by atoms with Gasteiger partial charge in [0.1, 0.15) is 17.2 Å². The van der Waals surface area contributed by atoms with Gasteiger partial charge in [-0.3, -0.25) is 0 Å². The highest BCUT2D eigenvalue weighted by Gasteiger charge is 2.34. The molecule has 3 nitrogen and oxygen atoms in total. The third-order valence-corrected chi connectivity index (χ3v) is 24.0. The second kappa shape index (κ2) is 58.6. The Hall–Kier alpha value is -7.62. The molecule has 0 amide bonds. The van der Waals surface area contributed by atoms with Gasteiger partial charge in [0.2, 0.25) is 0 Å². The van der Waals surface area contributed by atoms with Gasteiger partial charge < -0.3 is 14.2 Å². The highest BCUT2D eigenvalue weighted by molar-refractivity contribution is 5.32. The molecule has 732 valence electrons. The summed E-state index contributed by atoms with van der Waals surface area (Å²) in [6.07, 6.45) is 24.0. The monoisotopic (exact) mass is 1790 g/mol. The van der Waals surface area contributed by atoms with Gasteiger partial charge in [-0.15, -0.1) is 0 Å². The van der Waals surface area contributed by atoms with Gasteiger partial charge >= 0.3 is 0 Å². The van der Waals surface area contributed by atoms with E-state index in [9.17, 15) is 0 Å². The molecular formula is C128H202O3. The maximum atomic E-state index is 5.58. The van der Waals surface area contributed by atoms with E-state index in [0.717, 1.165) is 67.3 Å². The molecule has 9 aromatic rings. The van der Waals surface area contributed by atoms with E-state index < -0.39 is 0 Å². The molecule has 0 bridgehead atoms. The molecule has 0 radical (unpaired) electrons. The predicted molar refractivity (Wildman–Crippen MR) is 586 cm³/mol. The molecule has 0 saturated heterocycles. The fraction of sp³-hybridized carbons (Fsp3) is 0.578. The zero-order valence-electron chi connectivity index (χ0n) is 92.6. The van der Waals surface area contributed by atoms with Gasteiger partial charge in [0, 0.05) is 0 Å². The Labute approximate surface area is 812 Å². The van der Waals surface area contributed by atoms with Crippen LogP contribution >= 0.6 is 0 Å². The SMILES string of the molecule is CC(C)(C)C1CCC(C(C)(C)C)CC1.CC(C)(C)C1CCCCC1.CC(C)(C)CCCc1ccccc1.CC(C)(C)CCOc1ccccc1.CC(C)(C)CCc1ccccc1.CC(C)(C)Cc1ccccc1.CC(C)(C)c1ccccc1.COc1ccc(C(C)(C)C)cc1.COc1ccc(CC(C)(C)C)cc1.Cc1ccc(C(C)(C)C)cc1.Cc1ccc(CC(C)(C)C)cc1. The van der Waals surface area contributed by atoms with Gasteiger partial charge in [0.25, 0.3) is 0 Å². The molecule has 0 aliphatic heterocycles. The maximum Gasteiger partial charge on any atom is 0.119 e. The lowest BCUT2D eigenvalue weighted by atomic mass is 9.64. The summed E-state index contributed by atoms with van der Waals surface area (Å²) in [5, 5.41) is 0. The van der Waals surface area contributed by atoms with Gasteiger partial charge in [-0.2, -0.15) is 0 Å². The molecule has 0 aromatic heterocycles. The van der Waals surface area contributed by atoms with Gasteiger partial charge in [-0.1, -0.05) is 492 Å². The first-order valence-electron chi connectivity index (χ1n) is 50.5. The Balaban J connectivity index is 0.000000721. The van der Waals surface area contributed by atoms with Crippen LogP contribution in [0.15, 0.2) is 249 Å². The molecule has 2 aliphatic rings. The fourth-order valence-corrected chi connectivity index (χ4v) is 15.4. The average Bonchev–Trinajstić information content (AvgIpc) is 0.829. The summed E-state index contributed by atoms with van der Waals surface area (Å²) in [6.45, 7) is 87.3. The van der Waals surface area contributed by atoms with Crippen LogP contribution < -0.4 is 14.2 Å². The van der Waals surface area contributed by atoms with Crippen LogP contribution in [-0.2, 0) is 48.3 Å². The van der Waals surface area contributed by atoms with Crippen LogP contribution in [-0.4, -0.2) is 20.8 Å². The summed E-state index contributed by atoms with van der Waals surface area (Å²) in [6, 6.07) is 86.6. The van der Waals surface area contributed by atoms with E-state index in [-0.39, 0.29) is 10.8 Å². The Morgan fingerprint density at radius 3 is 0.779 bits per heavy atom. The van der Waals surface area contributed by atoms with Crippen LogP contribution in [0.1, 0.15) is 388 Å². The largest absolute Gasteiger partial charge is 0.497 e. The van der Waals surface area contributed by atoms with Crippen LogP contribution in [0.3, 0.4) is 0 Å². The lowest BCUT2D eigenvalue weighted by molar-refractivity contribution is 0.0970. The van der Waals surface area contributed by atoms with Crippen molar-refractivity contribution in [3.05, 3.63) is 304 Å². The van der Waals surface area contributed by atoms with E-state index in [0.29, 0.717) is 54.1 Å². The molecule has 2 saturated carbocycles. The quantitative estimate of drug-likeness (QED) is 0.115. The molecular weight excluding hydrogens is 1590 g/mol. The molecule has 0 atom stereocenters. The number of para-hydroxylation sites is 1. The molecule has 0 unspecified atom stereocenters. The van der Waals surface area contributed by atoms with Crippen molar-refractivity contribution in [1.82, 2.24) is 0 Å². The smallest absolute Gasteiger partial charge is 0.119 e. The normalized spacial score (nSPS) is 14.4. The molecule has 2 aliphatic carbocycles. The van der Waals surface area contributed by atoms with Crippen molar-refractivity contribution in [1.29, 1.82) is 0 Å². The Morgan fingerprint density at radius 2 is 0.489 bits per heavy atom. The molecule has 11 rings (SSSR count). The highest BCUT2D eigenvalue weighted by Crippen LogP contribution is 2.45. The Kier molecular flexibility index (Phi) is 54.3. The highest BCUT2D eigenvalue weighted by atomic mass is 16.5. The first kappa shape index (κ1) is 121. The van der Waals surface area contributed by atoms with E-state index in [1.165, 1.54) is 146 Å². The number of benzene rings is 9. The molecule has 0 heterocycles. The fourth-order valence-electron chi connectivity index (χ4n) is 15.4. The standard InChI is InChI=1S/C14H28.C13H20.2C12H18O.2C12H18.C11H16O.2C11H16.C10H20.C10H14/c1-13(2,3)11-7-9-12(10-8-11)14(4,5)6;1-13(2,3)11-7-10-12-8-5-4-6-9-12;1-12(2,3)9-10-5-7-11(13-4)8-6-10;1-12(2,3)9-10-13-11-7-5-4-6-8-11;1-10-5-7-11(8-6-10)9-12(2,3)4;1-12(2,3)10-9-11-7-5-4-6-8-11;1-11(2,3)9-5-7-10(12-4)8-6-9;1-9-5-7-10(8-6-9)11(2,3)4;1-11(2,3)9-10-7-5-4-6-8-10;2*1-10(2,3)9-7-5-4-6-8-9/h11-12H,7-10H2,1-6H3;4-6,8-9H,7,10-11H2,1-3H3;5-8H,9H2,1-4H3;4-8H,9-10H2,1-3H3;5-8H,9H2,1-4H3;4-8H,9-10H2,1-3H3;5-8H,1-4H3;5-8H,1-4H3;4-8H,9H2,1-3H3;9H,4-8H2,1-3H3;4-8H,1-3H3. The molecule has 0 N–H and O–H groups in total. The molecule has 131 heavy (non-hydrogen) atoms.